The van der Waals surface area contributed by atoms with E-state index in [9.17, 15) is 8.78 Å². The van der Waals surface area contributed by atoms with Gasteiger partial charge in [0.05, 0.1) is 17.6 Å². The van der Waals surface area contributed by atoms with Crippen LogP contribution in [0.1, 0.15) is 30.8 Å². The van der Waals surface area contributed by atoms with Crippen molar-refractivity contribution in [3.8, 4) is 11.6 Å². The first-order valence-corrected chi connectivity index (χ1v) is 8.90. The van der Waals surface area contributed by atoms with Gasteiger partial charge >= 0.3 is 0 Å². The van der Waals surface area contributed by atoms with Gasteiger partial charge in [0.25, 0.3) is 5.88 Å². The maximum atomic E-state index is 13.8. The molecule has 2 aliphatic heterocycles. The minimum absolute atomic E-state index is 0.127. The molecule has 4 heterocycles. The van der Waals surface area contributed by atoms with Crippen molar-refractivity contribution in [2.24, 2.45) is 5.92 Å². The van der Waals surface area contributed by atoms with Crippen LogP contribution in [0.2, 0.25) is 0 Å². The number of hydrogen-bond donors (Lipinski definition) is 0. The molecule has 0 saturated carbocycles. The summed E-state index contributed by atoms with van der Waals surface area (Å²) >= 11 is 0. The molecular weight excluding hydrogens is 340 g/mol. The fourth-order valence-corrected chi connectivity index (χ4v) is 3.61. The van der Waals surface area contributed by atoms with Gasteiger partial charge in [-0.1, -0.05) is 0 Å². The summed E-state index contributed by atoms with van der Waals surface area (Å²) in [6.07, 6.45) is 2.55. The van der Waals surface area contributed by atoms with Crippen LogP contribution in [0, 0.1) is 17.6 Å². The number of hydrogen-bond acceptors (Lipinski definition) is 5. The van der Waals surface area contributed by atoms with E-state index in [1.165, 1.54) is 0 Å². The fraction of sp³-hybridized carbons (Fsp3) is 0.474. The van der Waals surface area contributed by atoms with Gasteiger partial charge in [-0.25, -0.2) is 13.8 Å². The maximum absolute atomic E-state index is 13.8. The largest absolute Gasteiger partial charge is 0.484 e. The van der Waals surface area contributed by atoms with Gasteiger partial charge in [0, 0.05) is 18.7 Å². The van der Waals surface area contributed by atoms with E-state index in [4.69, 9.17) is 9.47 Å². The molecular formula is C19H21F2N3O2. The van der Waals surface area contributed by atoms with Gasteiger partial charge in [-0.15, -0.1) is 0 Å². The van der Waals surface area contributed by atoms with Crippen LogP contribution in [-0.2, 0) is 6.42 Å². The molecule has 138 valence electrons. The molecule has 26 heavy (non-hydrogen) atoms. The number of ether oxygens (including phenoxy) is 2. The van der Waals surface area contributed by atoms with Gasteiger partial charge in [-0.05, 0) is 44.4 Å². The second-order valence-corrected chi connectivity index (χ2v) is 6.85. The molecule has 1 fully saturated rings. The molecule has 2 atom stereocenters. The minimum atomic E-state index is -0.641. The Kier molecular flexibility index (Phi) is 4.72. The second kappa shape index (κ2) is 7.15. The van der Waals surface area contributed by atoms with E-state index in [2.05, 4.69) is 21.8 Å². The Morgan fingerprint density at radius 1 is 1.27 bits per heavy atom. The molecule has 0 aliphatic carbocycles. The van der Waals surface area contributed by atoms with Gasteiger partial charge in [0.1, 0.15) is 24.8 Å². The first-order chi connectivity index (χ1) is 12.6. The number of nitrogens with zero attached hydrogens (tertiary/aromatic N) is 3. The standard InChI is InChI=1S/C19H21F2N3O2/c1-12(16-2-3-18-19(23-16)26-7-6-25-18)24-5-4-13(11-24)8-17-15(21)9-14(20)10-22-17/h2-3,9-10,12-13H,4-8,11H2,1H3/t12-,13-/m1/s1. The quantitative estimate of drug-likeness (QED) is 0.837. The average Bonchev–Trinajstić information content (AvgIpc) is 3.11. The molecule has 0 bridgehead atoms. The summed E-state index contributed by atoms with van der Waals surface area (Å²) in [6, 6.07) is 4.89. The van der Waals surface area contributed by atoms with E-state index in [1.54, 1.807) is 0 Å². The molecule has 0 N–H and O–H groups in total. The predicted octanol–water partition coefficient (Wildman–Crippen LogP) is 3.15. The van der Waals surface area contributed by atoms with Gasteiger partial charge < -0.3 is 9.47 Å². The van der Waals surface area contributed by atoms with Crippen LogP contribution in [0.25, 0.3) is 0 Å². The molecule has 0 unspecified atom stereocenters. The van der Waals surface area contributed by atoms with Crippen LogP contribution in [0.5, 0.6) is 11.6 Å². The van der Waals surface area contributed by atoms with Gasteiger partial charge in [-0.3, -0.25) is 9.88 Å². The minimum Gasteiger partial charge on any atom is -0.484 e. The Labute approximate surface area is 151 Å². The molecule has 4 rings (SSSR count). The second-order valence-electron chi connectivity index (χ2n) is 6.85. The molecule has 2 aliphatic rings. The van der Waals surface area contributed by atoms with E-state index < -0.39 is 11.6 Å². The summed E-state index contributed by atoms with van der Waals surface area (Å²) in [5.41, 5.74) is 1.27. The summed E-state index contributed by atoms with van der Waals surface area (Å²) in [7, 11) is 0. The summed E-state index contributed by atoms with van der Waals surface area (Å²) in [5, 5.41) is 0. The van der Waals surface area contributed by atoms with Crippen LogP contribution in [0.15, 0.2) is 24.4 Å². The third kappa shape index (κ3) is 3.49. The molecule has 0 radical (unpaired) electrons. The molecule has 2 aromatic heterocycles. The highest BCUT2D eigenvalue weighted by Gasteiger charge is 2.29. The van der Waals surface area contributed by atoms with Crippen molar-refractivity contribution < 1.29 is 18.3 Å². The van der Waals surface area contributed by atoms with Crippen LogP contribution >= 0.6 is 0 Å². The van der Waals surface area contributed by atoms with Crippen molar-refractivity contribution >= 4 is 0 Å². The lowest BCUT2D eigenvalue weighted by Gasteiger charge is -2.25. The molecule has 7 heteroatoms. The topological polar surface area (TPSA) is 47.5 Å². The highest BCUT2D eigenvalue weighted by atomic mass is 19.1. The normalized spacial score (nSPS) is 21.0. The van der Waals surface area contributed by atoms with Crippen LogP contribution in [-0.4, -0.2) is 41.2 Å². The Morgan fingerprint density at radius 3 is 2.96 bits per heavy atom. The number of halogens is 2. The molecule has 2 aromatic rings. The number of rotatable bonds is 4. The Balaban J connectivity index is 1.41. The van der Waals surface area contributed by atoms with E-state index >= 15 is 0 Å². The van der Waals surface area contributed by atoms with Gasteiger partial charge in [0.2, 0.25) is 0 Å². The molecule has 1 saturated heterocycles. The number of fused-ring (bicyclic) bond motifs is 1. The van der Waals surface area contributed by atoms with Crippen LogP contribution < -0.4 is 9.47 Å². The van der Waals surface area contributed by atoms with Crippen molar-refractivity contribution in [1.82, 2.24) is 14.9 Å². The first kappa shape index (κ1) is 17.1. The fourth-order valence-electron chi connectivity index (χ4n) is 3.61. The van der Waals surface area contributed by atoms with Crippen LogP contribution in [0.4, 0.5) is 8.78 Å². The smallest absolute Gasteiger partial charge is 0.257 e. The predicted molar refractivity (Wildman–Crippen MR) is 91.2 cm³/mol. The van der Waals surface area contributed by atoms with Gasteiger partial charge in [-0.2, -0.15) is 0 Å². The van der Waals surface area contributed by atoms with Crippen molar-refractivity contribution in [3.05, 3.63) is 47.4 Å². The van der Waals surface area contributed by atoms with Crippen molar-refractivity contribution in [2.75, 3.05) is 26.3 Å². The Bertz CT molecular complexity index is 802. The Hall–Kier alpha value is -2.28. The number of aromatic nitrogens is 2. The van der Waals surface area contributed by atoms with Crippen molar-refractivity contribution in [1.29, 1.82) is 0 Å². The summed E-state index contributed by atoms with van der Waals surface area (Å²) in [4.78, 5) is 10.8. The summed E-state index contributed by atoms with van der Waals surface area (Å²) < 4.78 is 37.9. The SMILES string of the molecule is C[C@H](c1ccc2c(n1)OCCO2)N1CC[C@H](Cc2ncc(F)cc2F)C1. The number of likely N-dealkylation sites (tertiary alicyclic amines) is 1. The highest BCUT2D eigenvalue weighted by molar-refractivity contribution is 5.36. The number of pyridine rings is 2. The lowest BCUT2D eigenvalue weighted by molar-refractivity contribution is 0.162. The van der Waals surface area contributed by atoms with Crippen molar-refractivity contribution in [3.63, 3.8) is 0 Å². The van der Waals surface area contributed by atoms with E-state index in [-0.39, 0.29) is 6.04 Å². The summed E-state index contributed by atoms with van der Waals surface area (Å²) in [5.74, 6) is 0.322. The van der Waals surface area contributed by atoms with E-state index in [0.717, 1.165) is 37.5 Å². The zero-order chi connectivity index (χ0) is 18.1. The summed E-state index contributed by atoms with van der Waals surface area (Å²) in [6.45, 7) is 4.91. The molecule has 0 spiro atoms. The molecule has 0 amide bonds. The Morgan fingerprint density at radius 2 is 2.12 bits per heavy atom. The lowest BCUT2D eigenvalue weighted by Crippen LogP contribution is -2.26. The molecule has 0 aromatic carbocycles. The van der Waals surface area contributed by atoms with Crippen molar-refractivity contribution in [2.45, 2.75) is 25.8 Å². The first-order valence-electron chi connectivity index (χ1n) is 8.90. The zero-order valence-corrected chi connectivity index (χ0v) is 14.6. The zero-order valence-electron chi connectivity index (χ0n) is 14.6. The highest BCUT2D eigenvalue weighted by Crippen LogP contribution is 2.33. The van der Waals surface area contributed by atoms with Crippen LogP contribution in [0.3, 0.4) is 0 Å². The monoisotopic (exact) mass is 361 g/mol. The third-order valence-corrected chi connectivity index (χ3v) is 5.09. The maximum Gasteiger partial charge on any atom is 0.257 e. The third-order valence-electron chi connectivity index (χ3n) is 5.09. The van der Waals surface area contributed by atoms with E-state index in [0.29, 0.717) is 42.9 Å². The lowest BCUT2D eigenvalue weighted by atomic mass is 10.0. The van der Waals surface area contributed by atoms with Gasteiger partial charge in [0.15, 0.2) is 5.75 Å². The van der Waals surface area contributed by atoms with E-state index in [1.807, 2.05) is 12.1 Å². The average molecular weight is 361 g/mol. The molecule has 5 nitrogen and oxygen atoms in total.